The molecule has 6 heteroatoms. The number of benzene rings is 2. The third-order valence-corrected chi connectivity index (χ3v) is 3.71. The lowest BCUT2D eigenvalue weighted by Crippen LogP contribution is -2.32. The summed E-state index contributed by atoms with van der Waals surface area (Å²) in [6, 6.07) is 16.1. The summed E-state index contributed by atoms with van der Waals surface area (Å²) in [6.07, 6.45) is 0.718. The van der Waals surface area contributed by atoms with Crippen molar-refractivity contribution in [1.29, 1.82) is 0 Å². The van der Waals surface area contributed by atoms with Gasteiger partial charge in [0.1, 0.15) is 12.0 Å². The highest BCUT2D eigenvalue weighted by atomic mass is 16.6. The highest BCUT2D eigenvalue weighted by Crippen LogP contribution is 2.13. The highest BCUT2D eigenvalue weighted by molar-refractivity contribution is 5.81. The first kappa shape index (κ1) is 19.2. The number of carbonyl (C=O) groups excluding carboxylic acids is 3. The molecule has 0 radical (unpaired) electrons. The van der Waals surface area contributed by atoms with Crippen molar-refractivity contribution in [2.45, 2.75) is 12.8 Å². The molecule has 0 spiro atoms. The van der Waals surface area contributed by atoms with Gasteiger partial charge in [0.05, 0.1) is 0 Å². The number of nitrogens with one attached hydrogen (secondary N) is 1. The molecule has 0 aliphatic carbocycles. The fraction of sp³-hybridized carbons (Fsp3) is 0.250. The summed E-state index contributed by atoms with van der Waals surface area (Å²) >= 11 is 0. The Morgan fingerprint density at radius 2 is 1.73 bits per heavy atom. The largest absolute Gasteiger partial charge is 0.482 e. The molecule has 1 N–H and O–H groups in total. The summed E-state index contributed by atoms with van der Waals surface area (Å²) in [5.74, 6) is -0.408. The topological polar surface area (TPSA) is 81.7 Å². The van der Waals surface area contributed by atoms with Crippen LogP contribution in [0, 0.1) is 0 Å². The van der Waals surface area contributed by atoms with E-state index in [-0.39, 0.29) is 25.0 Å². The molecule has 2 aromatic carbocycles. The molecule has 0 saturated carbocycles. The Balaban J connectivity index is 1.64. The molecule has 136 valence electrons. The van der Waals surface area contributed by atoms with Crippen LogP contribution in [0.1, 0.15) is 28.8 Å². The quantitative estimate of drug-likeness (QED) is 0.551. The Labute approximate surface area is 152 Å². The summed E-state index contributed by atoms with van der Waals surface area (Å²) in [5, 5.41) is 2.73. The lowest BCUT2D eigenvalue weighted by atomic mass is 10.0. The van der Waals surface area contributed by atoms with E-state index in [0.717, 1.165) is 11.8 Å². The first-order valence-corrected chi connectivity index (χ1v) is 8.24. The van der Waals surface area contributed by atoms with Gasteiger partial charge in [-0.2, -0.15) is 0 Å². The van der Waals surface area contributed by atoms with Crippen LogP contribution in [0.4, 0.5) is 0 Å². The molecule has 1 atom stereocenters. The van der Waals surface area contributed by atoms with E-state index >= 15 is 0 Å². The Kier molecular flexibility index (Phi) is 7.36. The van der Waals surface area contributed by atoms with Gasteiger partial charge in [-0.1, -0.05) is 37.3 Å². The Morgan fingerprint density at radius 1 is 1.04 bits per heavy atom. The van der Waals surface area contributed by atoms with E-state index in [9.17, 15) is 14.4 Å². The van der Waals surface area contributed by atoms with Crippen LogP contribution in [0.15, 0.2) is 54.6 Å². The second-order valence-corrected chi connectivity index (χ2v) is 5.75. The van der Waals surface area contributed by atoms with Crippen molar-refractivity contribution < 1.29 is 23.9 Å². The van der Waals surface area contributed by atoms with Crippen LogP contribution in [-0.2, 0) is 14.3 Å². The van der Waals surface area contributed by atoms with Crippen LogP contribution >= 0.6 is 0 Å². The molecule has 1 amide bonds. The van der Waals surface area contributed by atoms with Crippen molar-refractivity contribution in [2.24, 2.45) is 0 Å². The second kappa shape index (κ2) is 9.98. The van der Waals surface area contributed by atoms with E-state index in [2.05, 4.69) is 5.32 Å². The lowest BCUT2D eigenvalue weighted by Gasteiger charge is -2.13. The SMILES string of the molecule is C[C@H](CNC(=O)COC(=O)COc1ccc(C=O)cc1)c1ccccc1. The molecular formula is C20H21NO5. The van der Waals surface area contributed by atoms with Gasteiger partial charge in [-0.3, -0.25) is 9.59 Å². The van der Waals surface area contributed by atoms with E-state index in [1.807, 2.05) is 37.3 Å². The van der Waals surface area contributed by atoms with Gasteiger partial charge in [0.25, 0.3) is 5.91 Å². The van der Waals surface area contributed by atoms with Crippen LogP contribution in [0.25, 0.3) is 0 Å². The lowest BCUT2D eigenvalue weighted by molar-refractivity contribution is -0.150. The Hall–Kier alpha value is -3.15. The van der Waals surface area contributed by atoms with Gasteiger partial charge in [-0.25, -0.2) is 4.79 Å². The standard InChI is InChI=1S/C20H21NO5/c1-15(17-5-3-2-4-6-17)11-21-19(23)13-26-20(24)14-25-18-9-7-16(12-22)8-10-18/h2-10,12,15H,11,13-14H2,1H3,(H,21,23)/t15-/m1/s1. The van der Waals surface area contributed by atoms with Crippen molar-refractivity contribution in [3.63, 3.8) is 0 Å². The molecule has 0 aliphatic heterocycles. The number of hydrogen-bond acceptors (Lipinski definition) is 5. The van der Waals surface area contributed by atoms with E-state index in [4.69, 9.17) is 9.47 Å². The van der Waals surface area contributed by atoms with Crippen LogP contribution in [0.5, 0.6) is 5.75 Å². The third-order valence-electron chi connectivity index (χ3n) is 3.71. The molecule has 2 rings (SSSR count). The predicted octanol–water partition coefficient (Wildman–Crippen LogP) is 2.34. The minimum absolute atomic E-state index is 0.161. The molecule has 0 bridgehead atoms. The number of aldehydes is 1. The monoisotopic (exact) mass is 355 g/mol. The fourth-order valence-electron chi connectivity index (χ4n) is 2.19. The average molecular weight is 355 g/mol. The van der Waals surface area contributed by atoms with Gasteiger partial charge in [0, 0.05) is 12.1 Å². The first-order chi connectivity index (χ1) is 12.6. The van der Waals surface area contributed by atoms with Gasteiger partial charge in [0.2, 0.25) is 0 Å². The van der Waals surface area contributed by atoms with E-state index in [1.165, 1.54) is 0 Å². The van der Waals surface area contributed by atoms with Crippen molar-refractivity contribution in [3.8, 4) is 5.75 Å². The molecule has 26 heavy (non-hydrogen) atoms. The third kappa shape index (κ3) is 6.39. The normalized spacial score (nSPS) is 11.3. The smallest absolute Gasteiger partial charge is 0.344 e. The minimum atomic E-state index is -0.643. The zero-order valence-corrected chi connectivity index (χ0v) is 14.5. The Bertz CT molecular complexity index is 728. The highest BCUT2D eigenvalue weighted by Gasteiger charge is 2.10. The summed E-state index contributed by atoms with van der Waals surface area (Å²) in [4.78, 5) is 33.9. The number of carbonyl (C=O) groups is 3. The summed E-state index contributed by atoms with van der Waals surface area (Å²) < 4.78 is 10.1. The summed E-state index contributed by atoms with van der Waals surface area (Å²) in [5.41, 5.74) is 1.64. The molecule has 0 aliphatic rings. The molecule has 0 aromatic heterocycles. The zero-order chi connectivity index (χ0) is 18.8. The maximum atomic E-state index is 11.8. The van der Waals surface area contributed by atoms with Crippen LogP contribution in [0.3, 0.4) is 0 Å². The maximum absolute atomic E-state index is 11.8. The Morgan fingerprint density at radius 3 is 2.38 bits per heavy atom. The van der Waals surface area contributed by atoms with Crippen molar-refractivity contribution in [2.75, 3.05) is 19.8 Å². The van der Waals surface area contributed by atoms with Crippen molar-refractivity contribution in [3.05, 3.63) is 65.7 Å². The van der Waals surface area contributed by atoms with E-state index in [1.54, 1.807) is 24.3 Å². The first-order valence-electron chi connectivity index (χ1n) is 8.24. The van der Waals surface area contributed by atoms with Gasteiger partial charge in [-0.15, -0.1) is 0 Å². The predicted molar refractivity (Wildman–Crippen MR) is 96.2 cm³/mol. The fourth-order valence-corrected chi connectivity index (χ4v) is 2.19. The summed E-state index contributed by atoms with van der Waals surface area (Å²) in [6.45, 7) is 1.80. The number of esters is 1. The van der Waals surface area contributed by atoms with E-state index < -0.39 is 5.97 Å². The molecular weight excluding hydrogens is 334 g/mol. The summed E-state index contributed by atoms with van der Waals surface area (Å²) in [7, 11) is 0. The number of hydrogen-bond donors (Lipinski definition) is 1. The molecule has 0 unspecified atom stereocenters. The van der Waals surface area contributed by atoms with Crippen LogP contribution in [-0.4, -0.2) is 37.9 Å². The van der Waals surface area contributed by atoms with Gasteiger partial charge in [-0.05, 0) is 35.7 Å². The van der Waals surface area contributed by atoms with E-state index in [0.29, 0.717) is 17.9 Å². The van der Waals surface area contributed by atoms with Gasteiger partial charge < -0.3 is 14.8 Å². The zero-order valence-electron chi connectivity index (χ0n) is 14.5. The molecule has 2 aromatic rings. The number of rotatable bonds is 9. The maximum Gasteiger partial charge on any atom is 0.344 e. The number of amides is 1. The molecule has 0 fully saturated rings. The van der Waals surface area contributed by atoms with Gasteiger partial charge in [0.15, 0.2) is 13.2 Å². The van der Waals surface area contributed by atoms with Crippen molar-refractivity contribution in [1.82, 2.24) is 5.32 Å². The van der Waals surface area contributed by atoms with Gasteiger partial charge >= 0.3 is 5.97 Å². The average Bonchev–Trinajstić information content (AvgIpc) is 2.69. The van der Waals surface area contributed by atoms with Crippen molar-refractivity contribution >= 4 is 18.2 Å². The van der Waals surface area contributed by atoms with Crippen LogP contribution < -0.4 is 10.1 Å². The molecule has 0 saturated heterocycles. The molecule has 6 nitrogen and oxygen atoms in total. The molecule has 0 heterocycles. The minimum Gasteiger partial charge on any atom is -0.482 e. The number of ether oxygens (including phenoxy) is 2. The second-order valence-electron chi connectivity index (χ2n) is 5.75. The van der Waals surface area contributed by atoms with Crippen LogP contribution in [0.2, 0.25) is 0 Å².